The van der Waals surface area contributed by atoms with Crippen molar-refractivity contribution < 1.29 is 18.7 Å². The molecule has 3 N–H and O–H groups in total. The molecule has 0 saturated heterocycles. The lowest BCUT2D eigenvalue weighted by molar-refractivity contribution is -0.119. The largest absolute Gasteiger partial charge is 0.444 e. The zero-order valence-corrected chi connectivity index (χ0v) is 15.6. The molecule has 2 aromatic rings. The van der Waals surface area contributed by atoms with Crippen LogP contribution in [0.2, 0.25) is 0 Å². The Hall–Kier alpha value is -2.77. The SMILES string of the molecule is CCC(C)C(NC(=O)OC(C)(C)C)C(=O)Nc1ccc2[nH]c(=O)oc2c1. The Kier molecular flexibility index (Phi) is 5.74. The number of nitrogens with one attached hydrogen (secondary N) is 3. The number of oxazole rings is 1. The zero-order valence-electron chi connectivity index (χ0n) is 15.6. The van der Waals surface area contributed by atoms with Gasteiger partial charge < -0.3 is 19.8 Å². The lowest BCUT2D eigenvalue weighted by atomic mass is 9.98. The second kappa shape index (κ2) is 7.63. The minimum Gasteiger partial charge on any atom is -0.444 e. The van der Waals surface area contributed by atoms with Crippen molar-refractivity contribution >= 4 is 28.8 Å². The standard InChI is InChI=1S/C18H25N3O5/c1-6-10(2)14(21-17(24)26-18(3,4)5)15(22)19-11-7-8-12-13(9-11)25-16(23)20-12/h7-10,14H,6H2,1-5H3,(H,19,22)(H,20,23)(H,21,24). The van der Waals surface area contributed by atoms with E-state index in [1.54, 1.807) is 39.0 Å². The zero-order chi connectivity index (χ0) is 19.5. The summed E-state index contributed by atoms with van der Waals surface area (Å²) in [5, 5.41) is 5.37. The molecular weight excluding hydrogens is 338 g/mol. The first-order chi connectivity index (χ1) is 12.1. The van der Waals surface area contributed by atoms with E-state index >= 15 is 0 Å². The summed E-state index contributed by atoms with van der Waals surface area (Å²) >= 11 is 0. The van der Waals surface area contributed by atoms with Crippen molar-refractivity contribution in [1.29, 1.82) is 0 Å². The second-order valence-electron chi connectivity index (χ2n) is 7.22. The number of amides is 2. The Labute approximate surface area is 151 Å². The summed E-state index contributed by atoms with van der Waals surface area (Å²) < 4.78 is 10.2. The number of hydrogen-bond donors (Lipinski definition) is 3. The third-order valence-electron chi connectivity index (χ3n) is 3.86. The van der Waals surface area contributed by atoms with Gasteiger partial charge in [-0.1, -0.05) is 20.3 Å². The van der Waals surface area contributed by atoms with Gasteiger partial charge in [0.25, 0.3) is 0 Å². The number of aromatic nitrogens is 1. The summed E-state index contributed by atoms with van der Waals surface area (Å²) in [6, 6.07) is 4.07. The Morgan fingerprint density at radius 1 is 1.31 bits per heavy atom. The van der Waals surface area contributed by atoms with E-state index in [4.69, 9.17) is 9.15 Å². The van der Waals surface area contributed by atoms with Crippen molar-refractivity contribution in [3.8, 4) is 0 Å². The van der Waals surface area contributed by atoms with Gasteiger partial charge in [0, 0.05) is 11.8 Å². The van der Waals surface area contributed by atoms with Crippen molar-refractivity contribution in [2.24, 2.45) is 5.92 Å². The Balaban J connectivity index is 2.14. The predicted molar refractivity (Wildman–Crippen MR) is 98.1 cm³/mol. The molecule has 8 nitrogen and oxygen atoms in total. The molecule has 2 rings (SSSR count). The van der Waals surface area contributed by atoms with Crippen LogP contribution in [0.5, 0.6) is 0 Å². The highest BCUT2D eigenvalue weighted by atomic mass is 16.6. The third kappa shape index (κ3) is 5.11. The molecule has 0 fully saturated rings. The first-order valence-electron chi connectivity index (χ1n) is 8.52. The lowest BCUT2D eigenvalue weighted by Gasteiger charge is -2.26. The first kappa shape index (κ1) is 19.6. The molecule has 0 spiro atoms. The maximum absolute atomic E-state index is 12.7. The highest BCUT2D eigenvalue weighted by molar-refractivity contribution is 5.97. The number of fused-ring (bicyclic) bond motifs is 1. The average Bonchev–Trinajstić information content (AvgIpc) is 2.89. The minimum absolute atomic E-state index is 0.101. The van der Waals surface area contributed by atoms with E-state index in [1.165, 1.54) is 0 Å². The van der Waals surface area contributed by atoms with Crippen molar-refractivity contribution in [1.82, 2.24) is 10.3 Å². The number of ether oxygens (including phenoxy) is 1. The highest BCUT2D eigenvalue weighted by Crippen LogP contribution is 2.18. The van der Waals surface area contributed by atoms with Crippen LogP contribution in [0.25, 0.3) is 11.1 Å². The van der Waals surface area contributed by atoms with Crippen LogP contribution < -0.4 is 16.4 Å². The maximum Gasteiger partial charge on any atom is 0.417 e. The van der Waals surface area contributed by atoms with Crippen LogP contribution in [0.3, 0.4) is 0 Å². The molecular formula is C18H25N3O5. The topological polar surface area (TPSA) is 113 Å². The van der Waals surface area contributed by atoms with Crippen molar-refractivity contribution in [3.05, 3.63) is 28.7 Å². The fraction of sp³-hybridized carbons (Fsp3) is 0.500. The van der Waals surface area contributed by atoms with Crippen molar-refractivity contribution in [2.75, 3.05) is 5.32 Å². The number of carbonyl (C=O) groups is 2. The van der Waals surface area contributed by atoms with E-state index in [-0.39, 0.29) is 11.8 Å². The van der Waals surface area contributed by atoms with Gasteiger partial charge in [0.05, 0.1) is 5.52 Å². The fourth-order valence-electron chi connectivity index (χ4n) is 2.38. The van der Waals surface area contributed by atoms with Crippen LogP contribution in [0.4, 0.5) is 10.5 Å². The molecule has 26 heavy (non-hydrogen) atoms. The van der Waals surface area contributed by atoms with Crippen LogP contribution >= 0.6 is 0 Å². The van der Waals surface area contributed by atoms with Crippen LogP contribution in [-0.2, 0) is 9.53 Å². The fourth-order valence-corrected chi connectivity index (χ4v) is 2.38. The summed E-state index contributed by atoms with van der Waals surface area (Å²) in [5.41, 5.74) is 0.688. The van der Waals surface area contributed by atoms with Crippen molar-refractivity contribution in [3.63, 3.8) is 0 Å². The number of rotatable bonds is 5. The number of H-pyrrole nitrogens is 1. The number of hydrogen-bond acceptors (Lipinski definition) is 5. The van der Waals surface area contributed by atoms with E-state index in [0.717, 1.165) is 0 Å². The quantitative estimate of drug-likeness (QED) is 0.756. The Bertz CT molecular complexity index is 846. The van der Waals surface area contributed by atoms with Crippen LogP contribution in [0.15, 0.2) is 27.4 Å². The van der Waals surface area contributed by atoms with E-state index < -0.39 is 23.5 Å². The molecule has 2 atom stereocenters. The van der Waals surface area contributed by atoms with Gasteiger partial charge >= 0.3 is 11.8 Å². The van der Waals surface area contributed by atoms with Gasteiger partial charge in [0.15, 0.2) is 5.58 Å². The number of alkyl carbamates (subject to hydrolysis) is 1. The summed E-state index contributed by atoms with van der Waals surface area (Å²) in [6.07, 6.45) is 0.0459. The molecule has 1 heterocycles. The Morgan fingerprint density at radius 3 is 2.62 bits per heavy atom. The van der Waals surface area contributed by atoms with E-state index in [9.17, 15) is 14.4 Å². The number of carbonyl (C=O) groups excluding carboxylic acids is 2. The van der Waals surface area contributed by atoms with E-state index in [0.29, 0.717) is 23.2 Å². The molecule has 8 heteroatoms. The van der Waals surface area contributed by atoms with Crippen LogP contribution in [-0.4, -0.2) is 28.6 Å². The monoisotopic (exact) mass is 363 g/mol. The molecule has 142 valence electrons. The van der Waals surface area contributed by atoms with Gasteiger partial charge in [-0.25, -0.2) is 9.59 Å². The third-order valence-corrected chi connectivity index (χ3v) is 3.86. The summed E-state index contributed by atoms with van der Waals surface area (Å²) in [6.45, 7) is 9.07. The molecule has 0 aliphatic heterocycles. The minimum atomic E-state index is -0.760. The van der Waals surface area contributed by atoms with Crippen LogP contribution in [0, 0.1) is 5.92 Å². The molecule has 1 aromatic carbocycles. The van der Waals surface area contributed by atoms with Gasteiger partial charge in [-0.05, 0) is 38.8 Å². The summed E-state index contributed by atoms with van der Waals surface area (Å²) in [5.74, 6) is -1.04. The van der Waals surface area contributed by atoms with Gasteiger partial charge in [-0.2, -0.15) is 0 Å². The molecule has 0 aliphatic rings. The highest BCUT2D eigenvalue weighted by Gasteiger charge is 2.28. The second-order valence-corrected chi connectivity index (χ2v) is 7.22. The first-order valence-corrected chi connectivity index (χ1v) is 8.52. The predicted octanol–water partition coefficient (Wildman–Crippen LogP) is 3.00. The molecule has 0 saturated carbocycles. The van der Waals surface area contributed by atoms with Gasteiger partial charge in [0.1, 0.15) is 11.6 Å². The average molecular weight is 363 g/mol. The summed E-state index contributed by atoms with van der Waals surface area (Å²) in [7, 11) is 0. The van der Waals surface area contributed by atoms with Gasteiger partial charge in [-0.15, -0.1) is 0 Å². The smallest absolute Gasteiger partial charge is 0.417 e. The molecule has 2 unspecified atom stereocenters. The number of anilines is 1. The van der Waals surface area contributed by atoms with Gasteiger partial charge in [0.2, 0.25) is 5.91 Å². The molecule has 0 aliphatic carbocycles. The molecule has 2 amide bonds. The lowest BCUT2D eigenvalue weighted by Crippen LogP contribution is -2.49. The number of benzene rings is 1. The van der Waals surface area contributed by atoms with Crippen molar-refractivity contribution in [2.45, 2.75) is 52.7 Å². The van der Waals surface area contributed by atoms with Gasteiger partial charge in [-0.3, -0.25) is 9.78 Å². The molecule has 0 radical (unpaired) electrons. The molecule has 1 aromatic heterocycles. The van der Waals surface area contributed by atoms with Crippen LogP contribution in [0.1, 0.15) is 41.0 Å². The Morgan fingerprint density at radius 2 is 2.00 bits per heavy atom. The van der Waals surface area contributed by atoms with E-state index in [1.807, 2.05) is 13.8 Å². The molecule has 0 bridgehead atoms. The van der Waals surface area contributed by atoms with E-state index in [2.05, 4.69) is 15.6 Å². The maximum atomic E-state index is 12.7. The number of aromatic amines is 1. The summed E-state index contributed by atoms with van der Waals surface area (Å²) in [4.78, 5) is 38.5. The normalized spacial score (nSPS) is 13.9.